The molecule has 1 aliphatic carbocycles. The van der Waals surface area contributed by atoms with Crippen LogP contribution in [0.5, 0.6) is 0 Å². The van der Waals surface area contributed by atoms with Gasteiger partial charge in [-0.3, -0.25) is 4.90 Å². The average Bonchev–Trinajstić information content (AvgIpc) is 3.26. The van der Waals surface area contributed by atoms with Crippen molar-refractivity contribution in [3.8, 4) is 0 Å². The molecule has 2 N–H and O–H groups in total. The molecule has 1 aromatic rings. The smallest absolute Gasteiger partial charge is 0.0502 e. The molecular formula is C19H30N2. The molecule has 2 nitrogen and oxygen atoms in total. The van der Waals surface area contributed by atoms with Crippen LogP contribution in [-0.2, 0) is 6.42 Å². The van der Waals surface area contributed by atoms with Crippen LogP contribution < -0.4 is 5.73 Å². The van der Waals surface area contributed by atoms with Gasteiger partial charge in [-0.25, -0.2) is 0 Å². The Balaban J connectivity index is 1.80. The van der Waals surface area contributed by atoms with Crippen LogP contribution in [-0.4, -0.2) is 23.5 Å². The van der Waals surface area contributed by atoms with Crippen molar-refractivity contribution >= 4 is 0 Å². The van der Waals surface area contributed by atoms with E-state index < -0.39 is 0 Å². The normalized spacial score (nSPS) is 27.8. The van der Waals surface area contributed by atoms with E-state index in [0.29, 0.717) is 12.1 Å². The second kappa shape index (κ2) is 6.50. The molecule has 2 fully saturated rings. The molecule has 0 bridgehead atoms. The van der Waals surface area contributed by atoms with Crippen molar-refractivity contribution in [2.45, 2.75) is 70.5 Å². The number of hydrogen-bond acceptors (Lipinski definition) is 2. The molecule has 1 aromatic carbocycles. The molecule has 1 saturated carbocycles. The van der Waals surface area contributed by atoms with E-state index in [1.807, 2.05) is 0 Å². The molecular weight excluding hydrogens is 256 g/mol. The minimum Gasteiger partial charge on any atom is -0.326 e. The van der Waals surface area contributed by atoms with Gasteiger partial charge in [0.25, 0.3) is 0 Å². The Morgan fingerprint density at radius 3 is 2.43 bits per heavy atom. The number of benzene rings is 1. The van der Waals surface area contributed by atoms with Gasteiger partial charge >= 0.3 is 0 Å². The summed E-state index contributed by atoms with van der Waals surface area (Å²) in [6, 6.07) is 10.8. The zero-order valence-electron chi connectivity index (χ0n) is 13.6. The molecule has 2 aliphatic rings. The van der Waals surface area contributed by atoms with Crippen molar-refractivity contribution < 1.29 is 0 Å². The van der Waals surface area contributed by atoms with Crippen LogP contribution in [0.2, 0.25) is 0 Å². The Kier molecular flexibility index (Phi) is 4.66. The monoisotopic (exact) mass is 286 g/mol. The zero-order valence-corrected chi connectivity index (χ0v) is 13.6. The maximum absolute atomic E-state index is 6.54. The summed E-state index contributed by atoms with van der Waals surface area (Å²) in [5, 5.41) is 0. The summed E-state index contributed by atoms with van der Waals surface area (Å²) in [7, 11) is 0. The highest BCUT2D eigenvalue weighted by Crippen LogP contribution is 2.38. The molecule has 0 amide bonds. The third-order valence-corrected chi connectivity index (χ3v) is 4.95. The Morgan fingerprint density at radius 1 is 1.10 bits per heavy atom. The van der Waals surface area contributed by atoms with Crippen molar-refractivity contribution in [2.75, 3.05) is 6.54 Å². The summed E-state index contributed by atoms with van der Waals surface area (Å²) in [5.41, 5.74) is 9.43. The van der Waals surface area contributed by atoms with Crippen LogP contribution >= 0.6 is 0 Å². The van der Waals surface area contributed by atoms with Gasteiger partial charge in [0.15, 0.2) is 0 Å². The first-order valence-corrected chi connectivity index (χ1v) is 8.75. The summed E-state index contributed by atoms with van der Waals surface area (Å²) in [6.45, 7) is 5.80. The quantitative estimate of drug-likeness (QED) is 0.909. The van der Waals surface area contributed by atoms with E-state index in [1.54, 1.807) is 0 Å². The Morgan fingerprint density at radius 2 is 1.81 bits per heavy atom. The van der Waals surface area contributed by atoms with Crippen molar-refractivity contribution in [1.82, 2.24) is 4.90 Å². The van der Waals surface area contributed by atoms with Crippen molar-refractivity contribution in [3.05, 3.63) is 35.4 Å². The molecule has 1 heterocycles. The van der Waals surface area contributed by atoms with Gasteiger partial charge < -0.3 is 5.73 Å². The molecule has 2 unspecified atom stereocenters. The van der Waals surface area contributed by atoms with Crippen LogP contribution in [0.25, 0.3) is 0 Å². The number of nitrogens with zero attached hydrogens (tertiary/aromatic N) is 1. The van der Waals surface area contributed by atoms with E-state index in [9.17, 15) is 0 Å². The summed E-state index contributed by atoms with van der Waals surface area (Å²) < 4.78 is 0. The van der Waals surface area contributed by atoms with Crippen molar-refractivity contribution in [1.29, 1.82) is 0 Å². The molecule has 1 saturated heterocycles. The number of hydrogen-bond donors (Lipinski definition) is 1. The van der Waals surface area contributed by atoms with Crippen LogP contribution in [0.4, 0.5) is 0 Å². The molecule has 0 radical (unpaired) electrons. The first kappa shape index (κ1) is 15.1. The SMILES string of the molecule is CC(C)Cc1ccc(C2C(N)CCCCN2C2CC2)cc1. The number of rotatable bonds is 4. The van der Waals surface area contributed by atoms with Gasteiger partial charge in [0, 0.05) is 12.1 Å². The second-order valence-electron chi connectivity index (χ2n) is 7.41. The van der Waals surface area contributed by atoms with Gasteiger partial charge in [0.05, 0.1) is 6.04 Å². The van der Waals surface area contributed by atoms with Gasteiger partial charge in [0.2, 0.25) is 0 Å². The minimum atomic E-state index is 0.295. The fourth-order valence-corrected chi connectivity index (χ4v) is 3.79. The second-order valence-corrected chi connectivity index (χ2v) is 7.41. The minimum absolute atomic E-state index is 0.295. The lowest BCUT2D eigenvalue weighted by Gasteiger charge is -2.34. The highest BCUT2D eigenvalue weighted by atomic mass is 15.2. The maximum atomic E-state index is 6.54. The van der Waals surface area contributed by atoms with Gasteiger partial charge in [-0.15, -0.1) is 0 Å². The first-order valence-electron chi connectivity index (χ1n) is 8.75. The molecule has 3 rings (SSSR count). The lowest BCUT2D eigenvalue weighted by atomic mass is 9.94. The highest BCUT2D eigenvalue weighted by Gasteiger charge is 2.38. The molecule has 1 aliphatic heterocycles. The molecule has 116 valence electrons. The molecule has 2 heteroatoms. The largest absolute Gasteiger partial charge is 0.326 e. The van der Waals surface area contributed by atoms with Crippen LogP contribution in [0.15, 0.2) is 24.3 Å². The van der Waals surface area contributed by atoms with Gasteiger partial charge in [0.1, 0.15) is 0 Å². The lowest BCUT2D eigenvalue weighted by Crippen LogP contribution is -2.41. The predicted octanol–water partition coefficient (Wildman–Crippen LogP) is 3.90. The van der Waals surface area contributed by atoms with Gasteiger partial charge in [-0.1, -0.05) is 44.5 Å². The van der Waals surface area contributed by atoms with Gasteiger partial charge in [-0.05, 0) is 55.7 Å². The van der Waals surface area contributed by atoms with Gasteiger partial charge in [-0.2, -0.15) is 0 Å². The summed E-state index contributed by atoms with van der Waals surface area (Å²) in [4.78, 5) is 2.70. The Labute approximate surface area is 129 Å². The first-order chi connectivity index (χ1) is 10.1. The van der Waals surface area contributed by atoms with Crippen molar-refractivity contribution in [2.24, 2.45) is 11.7 Å². The third-order valence-electron chi connectivity index (χ3n) is 4.95. The fourth-order valence-electron chi connectivity index (χ4n) is 3.79. The number of likely N-dealkylation sites (tertiary alicyclic amines) is 1. The molecule has 0 spiro atoms. The predicted molar refractivity (Wildman–Crippen MR) is 89.3 cm³/mol. The van der Waals surface area contributed by atoms with E-state index in [1.165, 1.54) is 56.2 Å². The van der Waals surface area contributed by atoms with E-state index in [-0.39, 0.29) is 0 Å². The summed E-state index contributed by atoms with van der Waals surface area (Å²) in [6.07, 6.45) is 7.67. The topological polar surface area (TPSA) is 29.3 Å². The molecule has 2 atom stereocenters. The summed E-state index contributed by atoms with van der Waals surface area (Å²) in [5.74, 6) is 0.721. The van der Waals surface area contributed by atoms with Crippen LogP contribution in [0.3, 0.4) is 0 Å². The zero-order chi connectivity index (χ0) is 14.8. The van der Waals surface area contributed by atoms with E-state index >= 15 is 0 Å². The molecule has 0 aromatic heterocycles. The Bertz CT molecular complexity index is 447. The van der Waals surface area contributed by atoms with Crippen molar-refractivity contribution in [3.63, 3.8) is 0 Å². The maximum Gasteiger partial charge on any atom is 0.0502 e. The number of nitrogens with two attached hydrogens (primary N) is 1. The molecule has 21 heavy (non-hydrogen) atoms. The standard InChI is InChI=1S/C19H30N2/c1-14(2)13-15-6-8-16(9-7-15)19-18(20)5-3-4-12-21(19)17-10-11-17/h6-9,14,17-19H,3-5,10-13,20H2,1-2H3. The van der Waals surface area contributed by atoms with E-state index in [0.717, 1.165) is 12.0 Å². The average molecular weight is 286 g/mol. The third kappa shape index (κ3) is 3.67. The fraction of sp³-hybridized carbons (Fsp3) is 0.684. The highest BCUT2D eigenvalue weighted by molar-refractivity contribution is 5.27. The van der Waals surface area contributed by atoms with E-state index in [4.69, 9.17) is 5.73 Å². The van der Waals surface area contributed by atoms with Crippen LogP contribution in [0.1, 0.15) is 63.1 Å². The van der Waals surface area contributed by atoms with E-state index in [2.05, 4.69) is 43.0 Å². The lowest BCUT2D eigenvalue weighted by molar-refractivity contribution is 0.175. The van der Waals surface area contributed by atoms with Crippen LogP contribution in [0, 0.1) is 5.92 Å². The summed E-state index contributed by atoms with van der Waals surface area (Å²) >= 11 is 0. The Hall–Kier alpha value is -0.860.